The van der Waals surface area contributed by atoms with Crippen LogP contribution in [0.1, 0.15) is 48.4 Å². The maximum absolute atomic E-state index is 14.4. The van der Waals surface area contributed by atoms with Crippen LogP contribution >= 0.6 is 0 Å². The molecule has 9 heteroatoms. The summed E-state index contributed by atoms with van der Waals surface area (Å²) in [6, 6.07) is 2.50. The second kappa shape index (κ2) is 9.53. The van der Waals surface area contributed by atoms with Crippen LogP contribution in [0.2, 0.25) is 0 Å². The van der Waals surface area contributed by atoms with Crippen LogP contribution in [-0.2, 0) is 9.47 Å². The summed E-state index contributed by atoms with van der Waals surface area (Å²) in [7, 11) is 0. The summed E-state index contributed by atoms with van der Waals surface area (Å²) in [6.07, 6.45) is 1.98. The lowest BCUT2D eigenvalue weighted by atomic mass is 10.0. The minimum atomic E-state index is -1.76. The molecule has 0 aromatic heterocycles. The second-order valence-corrected chi connectivity index (χ2v) is 6.96. The van der Waals surface area contributed by atoms with Crippen LogP contribution in [0.25, 0.3) is 0 Å². The van der Waals surface area contributed by atoms with Crippen LogP contribution in [0.15, 0.2) is 24.3 Å². The lowest BCUT2D eigenvalue weighted by Gasteiger charge is -2.29. The molecule has 1 saturated heterocycles. The number of ether oxygens (including phenoxy) is 3. The standard InChI is InChI=1S/C21H19F5O4/c1-2-3-4-11-9-28-21(29-10-11)12-5-14(22)18(15(23)6-12)20(27)30-13-7-16(24)19(26)17(25)8-13/h5-8,11,21H,2-4,9-10H2,1H3. The highest BCUT2D eigenvalue weighted by Gasteiger charge is 2.28. The van der Waals surface area contributed by atoms with E-state index < -0.39 is 52.7 Å². The Balaban J connectivity index is 1.73. The molecule has 0 spiro atoms. The molecule has 162 valence electrons. The third-order valence-corrected chi connectivity index (χ3v) is 4.64. The summed E-state index contributed by atoms with van der Waals surface area (Å²) in [4.78, 5) is 12.1. The fourth-order valence-corrected chi connectivity index (χ4v) is 3.07. The molecule has 0 bridgehead atoms. The van der Waals surface area contributed by atoms with Crippen molar-refractivity contribution in [2.75, 3.05) is 13.2 Å². The van der Waals surface area contributed by atoms with Crippen molar-refractivity contribution < 1.29 is 41.0 Å². The lowest BCUT2D eigenvalue weighted by molar-refractivity contribution is -0.206. The molecule has 1 heterocycles. The second-order valence-electron chi connectivity index (χ2n) is 6.96. The molecule has 0 N–H and O–H groups in total. The van der Waals surface area contributed by atoms with Gasteiger partial charge in [-0.25, -0.2) is 26.7 Å². The summed E-state index contributed by atoms with van der Waals surface area (Å²) in [6.45, 7) is 2.81. The van der Waals surface area contributed by atoms with E-state index in [0.29, 0.717) is 25.3 Å². The van der Waals surface area contributed by atoms with Gasteiger partial charge in [-0.1, -0.05) is 19.8 Å². The highest BCUT2D eigenvalue weighted by atomic mass is 19.2. The number of halogens is 5. The first kappa shape index (κ1) is 22.2. The van der Waals surface area contributed by atoms with Crippen LogP contribution in [-0.4, -0.2) is 19.2 Å². The first-order chi connectivity index (χ1) is 14.3. The minimum Gasteiger partial charge on any atom is -0.423 e. The zero-order valence-corrected chi connectivity index (χ0v) is 16.0. The Morgan fingerprint density at radius 2 is 1.53 bits per heavy atom. The van der Waals surface area contributed by atoms with Gasteiger partial charge in [0.05, 0.1) is 13.2 Å². The average Bonchev–Trinajstić information content (AvgIpc) is 2.70. The van der Waals surface area contributed by atoms with Crippen LogP contribution < -0.4 is 4.74 Å². The van der Waals surface area contributed by atoms with Crippen molar-refractivity contribution in [3.63, 3.8) is 0 Å². The van der Waals surface area contributed by atoms with Gasteiger partial charge in [0.2, 0.25) is 0 Å². The van der Waals surface area contributed by atoms with Crippen LogP contribution in [0.5, 0.6) is 5.75 Å². The Morgan fingerprint density at radius 3 is 2.07 bits per heavy atom. The molecule has 1 aliphatic rings. The third-order valence-electron chi connectivity index (χ3n) is 4.64. The van der Waals surface area contributed by atoms with Gasteiger partial charge in [-0.15, -0.1) is 0 Å². The molecule has 0 saturated carbocycles. The normalized spacial score (nSPS) is 19.0. The van der Waals surface area contributed by atoms with E-state index in [-0.39, 0.29) is 11.5 Å². The number of carbonyl (C=O) groups is 1. The Hall–Kier alpha value is -2.52. The molecular formula is C21H19F5O4. The van der Waals surface area contributed by atoms with E-state index in [1.54, 1.807) is 0 Å². The van der Waals surface area contributed by atoms with Gasteiger partial charge in [-0.3, -0.25) is 0 Å². The lowest BCUT2D eigenvalue weighted by Crippen LogP contribution is -2.27. The van der Waals surface area contributed by atoms with Crippen molar-refractivity contribution in [1.29, 1.82) is 0 Å². The number of esters is 1. The predicted molar refractivity (Wildman–Crippen MR) is 95.3 cm³/mol. The van der Waals surface area contributed by atoms with Crippen LogP contribution in [0, 0.1) is 35.0 Å². The van der Waals surface area contributed by atoms with Gasteiger partial charge in [0.25, 0.3) is 0 Å². The van der Waals surface area contributed by atoms with Gasteiger partial charge >= 0.3 is 5.97 Å². The smallest absolute Gasteiger partial charge is 0.349 e. The zero-order chi connectivity index (χ0) is 21.8. The molecule has 0 amide bonds. The van der Waals surface area contributed by atoms with Crippen LogP contribution in [0.3, 0.4) is 0 Å². The quantitative estimate of drug-likeness (QED) is 0.265. The topological polar surface area (TPSA) is 44.8 Å². The molecule has 2 aromatic rings. The van der Waals surface area contributed by atoms with E-state index >= 15 is 0 Å². The van der Waals surface area contributed by atoms with E-state index in [9.17, 15) is 26.7 Å². The molecule has 0 radical (unpaired) electrons. The van der Waals surface area contributed by atoms with Crippen molar-refractivity contribution in [3.8, 4) is 5.75 Å². The number of benzene rings is 2. The van der Waals surface area contributed by atoms with E-state index in [4.69, 9.17) is 9.47 Å². The molecule has 0 unspecified atom stereocenters. The number of unbranched alkanes of at least 4 members (excludes halogenated alkanes) is 1. The molecular weight excluding hydrogens is 411 g/mol. The molecule has 3 rings (SSSR count). The minimum absolute atomic E-state index is 0.0364. The molecule has 30 heavy (non-hydrogen) atoms. The number of hydrogen-bond donors (Lipinski definition) is 0. The van der Waals surface area contributed by atoms with Crippen molar-refractivity contribution in [1.82, 2.24) is 0 Å². The fourth-order valence-electron chi connectivity index (χ4n) is 3.07. The van der Waals surface area contributed by atoms with E-state index in [1.807, 2.05) is 0 Å². The Labute approximate surface area is 169 Å². The van der Waals surface area contributed by atoms with Gasteiger partial charge in [0.15, 0.2) is 23.7 Å². The fraction of sp³-hybridized carbons (Fsp3) is 0.381. The largest absolute Gasteiger partial charge is 0.423 e. The Kier molecular flexibility index (Phi) is 7.04. The first-order valence-electron chi connectivity index (χ1n) is 9.39. The predicted octanol–water partition coefficient (Wildman–Crippen LogP) is 5.45. The molecule has 0 atom stereocenters. The average molecular weight is 430 g/mol. The highest BCUT2D eigenvalue weighted by Crippen LogP contribution is 2.30. The van der Waals surface area contributed by atoms with Gasteiger partial charge in [0.1, 0.15) is 22.9 Å². The van der Waals surface area contributed by atoms with Gasteiger partial charge in [-0.05, 0) is 18.6 Å². The van der Waals surface area contributed by atoms with Crippen molar-refractivity contribution in [2.24, 2.45) is 5.92 Å². The van der Waals surface area contributed by atoms with E-state index in [0.717, 1.165) is 31.4 Å². The Bertz CT molecular complexity index is 880. The SMILES string of the molecule is CCCCC1COC(c2cc(F)c(C(=O)Oc3cc(F)c(F)c(F)c3)c(F)c2)OC1. The first-order valence-corrected chi connectivity index (χ1v) is 9.39. The van der Waals surface area contributed by atoms with Crippen LogP contribution in [0.4, 0.5) is 22.0 Å². The van der Waals surface area contributed by atoms with Gasteiger partial charge in [0, 0.05) is 23.6 Å². The number of carbonyl (C=O) groups excluding carboxylic acids is 1. The van der Waals surface area contributed by atoms with Crippen molar-refractivity contribution >= 4 is 5.97 Å². The van der Waals surface area contributed by atoms with Crippen molar-refractivity contribution in [2.45, 2.75) is 32.5 Å². The monoisotopic (exact) mass is 430 g/mol. The molecule has 4 nitrogen and oxygen atoms in total. The summed E-state index contributed by atoms with van der Waals surface area (Å²) in [5.74, 6) is -9.60. The van der Waals surface area contributed by atoms with E-state index in [2.05, 4.69) is 11.7 Å². The number of rotatable bonds is 6. The zero-order valence-electron chi connectivity index (χ0n) is 16.0. The maximum Gasteiger partial charge on any atom is 0.349 e. The highest BCUT2D eigenvalue weighted by molar-refractivity contribution is 5.91. The van der Waals surface area contributed by atoms with Crippen molar-refractivity contribution in [3.05, 3.63) is 64.5 Å². The summed E-state index contributed by atoms with van der Waals surface area (Å²) >= 11 is 0. The number of hydrogen-bond acceptors (Lipinski definition) is 4. The maximum atomic E-state index is 14.4. The van der Waals surface area contributed by atoms with Gasteiger partial charge < -0.3 is 14.2 Å². The molecule has 1 aliphatic heterocycles. The summed E-state index contributed by atoms with van der Waals surface area (Å²) in [5, 5.41) is 0. The molecule has 0 aliphatic carbocycles. The Morgan fingerprint density at radius 1 is 0.967 bits per heavy atom. The molecule has 1 fully saturated rings. The van der Waals surface area contributed by atoms with E-state index in [1.165, 1.54) is 0 Å². The molecule has 2 aromatic carbocycles. The summed E-state index contributed by atoms with van der Waals surface area (Å²) in [5.41, 5.74) is -1.03. The summed E-state index contributed by atoms with van der Waals surface area (Å²) < 4.78 is 83.9. The van der Waals surface area contributed by atoms with Gasteiger partial charge in [-0.2, -0.15) is 0 Å². The third kappa shape index (κ3) is 4.96.